The second-order valence-corrected chi connectivity index (χ2v) is 7.06. The lowest BCUT2D eigenvalue weighted by atomic mass is 9.69. The predicted molar refractivity (Wildman–Crippen MR) is 60.5 cm³/mol. The van der Waals surface area contributed by atoms with Gasteiger partial charge in [-0.15, -0.1) is 0 Å². The number of ketones is 1. The van der Waals surface area contributed by atoms with E-state index in [1.165, 1.54) is 19.3 Å². The molecule has 0 aromatic carbocycles. The lowest BCUT2D eigenvalue weighted by molar-refractivity contribution is -0.122. The standard InChI is InChI=1S/C14H22O/c1-9-4-5-10-6-12(15)11-7-13(2,3)8-14(9,10)11/h9-11H,4-8H2,1-3H3/t9-,10-,11-,14-/m0/s1. The van der Waals surface area contributed by atoms with Gasteiger partial charge in [0.05, 0.1) is 0 Å². The Hall–Kier alpha value is -0.330. The van der Waals surface area contributed by atoms with Gasteiger partial charge in [0.15, 0.2) is 0 Å². The van der Waals surface area contributed by atoms with Gasteiger partial charge in [-0.25, -0.2) is 0 Å². The van der Waals surface area contributed by atoms with E-state index in [1.807, 2.05) is 0 Å². The molecule has 0 radical (unpaired) electrons. The summed E-state index contributed by atoms with van der Waals surface area (Å²) in [6, 6.07) is 0. The molecule has 0 heterocycles. The molecule has 1 heteroatoms. The quantitative estimate of drug-likeness (QED) is 0.593. The smallest absolute Gasteiger partial charge is 0.136 e. The fourth-order valence-corrected chi connectivity index (χ4v) is 5.20. The summed E-state index contributed by atoms with van der Waals surface area (Å²) in [6.45, 7) is 7.11. The molecule has 3 aliphatic rings. The highest BCUT2D eigenvalue weighted by atomic mass is 16.1. The Labute approximate surface area is 92.6 Å². The number of carbonyl (C=O) groups excluding carboxylic acids is 1. The Morgan fingerprint density at radius 2 is 2.00 bits per heavy atom. The normalized spacial score (nSPS) is 51.9. The summed E-state index contributed by atoms with van der Waals surface area (Å²) in [6.07, 6.45) is 6.06. The van der Waals surface area contributed by atoms with Crippen LogP contribution in [0.2, 0.25) is 0 Å². The number of Topliss-reactive ketones (excluding diaryl/α,β-unsaturated/α-hetero) is 1. The molecule has 0 aliphatic heterocycles. The fraction of sp³-hybridized carbons (Fsp3) is 0.929. The van der Waals surface area contributed by atoms with Crippen molar-refractivity contribution in [1.82, 2.24) is 0 Å². The van der Waals surface area contributed by atoms with Gasteiger partial charge in [-0.2, -0.15) is 0 Å². The van der Waals surface area contributed by atoms with Gasteiger partial charge in [0.2, 0.25) is 0 Å². The van der Waals surface area contributed by atoms with Crippen LogP contribution >= 0.6 is 0 Å². The van der Waals surface area contributed by atoms with E-state index < -0.39 is 0 Å². The Kier molecular flexibility index (Phi) is 1.76. The largest absolute Gasteiger partial charge is 0.299 e. The summed E-state index contributed by atoms with van der Waals surface area (Å²) in [4.78, 5) is 12.1. The minimum absolute atomic E-state index is 0.414. The molecule has 0 amide bonds. The minimum Gasteiger partial charge on any atom is -0.299 e. The van der Waals surface area contributed by atoms with Gasteiger partial charge in [-0.05, 0) is 48.3 Å². The van der Waals surface area contributed by atoms with Crippen LogP contribution < -0.4 is 0 Å². The van der Waals surface area contributed by atoms with Crippen LogP contribution in [0.5, 0.6) is 0 Å². The fourth-order valence-electron chi connectivity index (χ4n) is 5.20. The van der Waals surface area contributed by atoms with Gasteiger partial charge in [0.25, 0.3) is 0 Å². The summed E-state index contributed by atoms with van der Waals surface area (Å²) in [5.41, 5.74) is 0.845. The SMILES string of the molecule is C[C@H]1CC[C@H]2CC(=O)[C@@H]3CC(C)(C)C[C@@]213. The van der Waals surface area contributed by atoms with Gasteiger partial charge in [0.1, 0.15) is 5.78 Å². The molecule has 3 fully saturated rings. The van der Waals surface area contributed by atoms with Crippen LogP contribution in [0.4, 0.5) is 0 Å². The molecule has 0 N–H and O–H groups in total. The lowest BCUT2D eigenvalue weighted by Gasteiger charge is -2.34. The third kappa shape index (κ3) is 1.07. The van der Waals surface area contributed by atoms with E-state index in [9.17, 15) is 4.79 Å². The molecule has 84 valence electrons. The maximum Gasteiger partial charge on any atom is 0.136 e. The van der Waals surface area contributed by atoms with Crippen LogP contribution in [0.25, 0.3) is 0 Å². The van der Waals surface area contributed by atoms with Crippen molar-refractivity contribution in [2.75, 3.05) is 0 Å². The summed E-state index contributed by atoms with van der Waals surface area (Å²) in [5.74, 6) is 2.56. The van der Waals surface area contributed by atoms with Gasteiger partial charge < -0.3 is 0 Å². The first-order chi connectivity index (χ1) is 6.96. The maximum atomic E-state index is 12.1. The lowest BCUT2D eigenvalue weighted by Crippen LogP contribution is -2.30. The zero-order chi connectivity index (χ0) is 10.8. The molecule has 3 rings (SSSR count). The van der Waals surface area contributed by atoms with Crippen molar-refractivity contribution in [1.29, 1.82) is 0 Å². The second-order valence-electron chi connectivity index (χ2n) is 7.06. The molecule has 0 bridgehead atoms. The van der Waals surface area contributed by atoms with Gasteiger partial charge in [-0.1, -0.05) is 20.8 Å². The Morgan fingerprint density at radius 1 is 1.27 bits per heavy atom. The van der Waals surface area contributed by atoms with Crippen molar-refractivity contribution >= 4 is 5.78 Å². The first kappa shape index (κ1) is 9.86. The number of hydrogen-bond acceptors (Lipinski definition) is 1. The molecule has 15 heavy (non-hydrogen) atoms. The monoisotopic (exact) mass is 206 g/mol. The molecule has 3 saturated carbocycles. The van der Waals surface area contributed by atoms with Crippen molar-refractivity contribution in [3.05, 3.63) is 0 Å². The first-order valence-corrected chi connectivity index (χ1v) is 6.48. The second kappa shape index (κ2) is 2.67. The zero-order valence-corrected chi connectivity index (χ0v) is 10.2. The van der Waals surface area contributed by atoms with Gasteiger partial charge >= 0.3 is 0 Å². The van der Waals surface area contributed by atoms with Crippen LogP contribution in [0, 0.1) is 28.6 Å². The van der Waals surface area contributed by atoms with Gasteiger partial charge in [-0.3, -0.25) is 4.79 Å². The van der Waals surface area contributed by atoms with E-state index in [0.717, 1.165) is 24.7 Å². The Bertz CT molecular complexity index is 317. The highest BCUT2D eigenvalue weighted by molar-refractivity contribution is 5.85. The summed E-state index contributed by atoms with van der Waals surface area (Å²) < 4.78 is 0. The van der Waals surface area contributed by atoms with E-state index in [1.54, 1.807) is 0 Å². The van der Waals surface area contributed by atoms with Crippen LogP contribution in [0.15, 0.2) is 0 Å². The van der Waals surface area contributed by atoms with E-state index >= 15 is 0 Å². The number of carbonyl (C=O) groups is 1. The molecule has 1 nitrogen and oxygen atoms in total. The van der Waals surface area contributed by atoms with Gasteiger partial charge in [0, 0.05) is 12.3 Å². The molecule has 3 aliphatic carbocycles. The van der Waals surface area contributed by atoms with E-state index in [0.29, 0.717) is 22.5 Å². The van der Waals surface area contributed by atoms with Crippen LogP contribution in [0.3, 0.4) is 0 Å². The molecule has 0 unspecified atom stereocenters. The van der Waals surface area contributed by atoms with Crippen LogP contribution in [-0.4, -0.2) is 5.78 Å². The average molecular weight is 206 g/mol. The van der Waals surface area contributed by atoms with Crippen LogP contribution in [0.1, 0.15) is 52.9 Å². The number of hydrogen-bond donors (Lipinski definition) is 0. The molecule has 4 atom stereocenters. The van der Waals surface area contributed by atoms with Crippen molar-refractivity contribution in [2.45, 2.75) is 52.9 Å². The average Bonchev–Trinajstić information content (AvgIpc) is 2.65. The molecule has 0 aromatic rings. The summed E-state index contributed by atoms with van der Waals surface area (Å²) >= 11 is 0. The summed E-state index contributed by atoms with van der Waals surface area (Å²) in [7, 11) is 0. The predicted octanol–water partition coefficient (Wildman–Crippen LogP) is 3.43. The van der Waals surface area contributed by atoms with Crippen molar-refractivity contribution in [3.8, 4) is 0 Å². The molecular formula is C14H22O. The van der Waals surface area contributed by atoms with E-state index in [4.69, 9.17) is 0 Å². The zero-order valence-electron chi connectivity index (χ0n) is 10.2. The highest BCUT2D eigenvalue weighted by Crippen LogP contribution is 2.69. The van der Waals surface area contributed by atoms with E-state index in [2.05, 4.69) is 20.8 Å². The van der Waals surface area contributed by atoms with Crippen LogP contribution in [-0.2, 0) is 4.79 Å². The molecule has 0 aromatic heterocycles. The van der Waals surface area contributed by atoms with Crippen molar-refractivity contribution in [3.63, 3.8) is 0 Å². The minimum atomic E-state index is 0.414. The van der Waals surface area contributed by atoms with Crippen molar-refractivity contribution in [2.24, 2.45) is 28.6 Å². The topological polar surface area (TPSA) is 17.1 Å². The summed E-state index contributed by atoms with van der Waals surface area (Å²) in [5, 5.41) is 0. The molecule has 1 spiro atoms. The maximum absolute atomic E-state index is 12.1. The Balaban J connectivity index is 2.05. The molecular weight excluding hydrogens is 184 g/mol. The van der Waals surface area contributed by atoms with Crippen molar-refractivity contribution < 1.29 is 4.79 Å². The van der Waals surface area contributed by atoms with E-state index in [-0.39, 0.29) is 0 Å². The first-order valence-electron chi connectivity index (χ1n) is 6.48. The highest BCUT2D eigenvalue weighted by Gasteiger charge is 2.65. The third-order valence-corrected chi connectivity index (χ3v) is 5.65. The Morgan fingerprint density at radius 3 is 2.73 bits per heavy atom. The third-order valence-electron chi connectivity index (χ3n) is 5.65. The number of rotatable bonds is 0. The molecule has 0 saturated heterocycles.